The lowest BCUT2D eigenvalue weighted by Gasteiger charge is -2.35. The molecule has 1 fully saturated rings. The number of likely N-dealkylation sites (tertiary alicyclic amines) is 1. The van der Waals surface area contributed by atoms with Crippen molar-refractivity contribution in [3.63, 3.8) is 0 Å². The fourth-order valence-electron chi connectivity index (χ4n) is 3.28. The zero-order chi connectivity index (χ0) is 16.9. The second-order valence-corrected chi connectivity index (χ2v) is 6.04. The first-order valence-corrected chi connectivity index (χ1v) is 8.25. The fourth-order valence-corrected chi connectivity index (χ4v) is 3.28. The lowest BCUT2D eigenvalue weighted by molar-refractivity contribution is 0.129. The van der Waals surface area contributed by atoms with E-state index >= 15 is 0 Å². The van der Waals surface area contributed by atoms with Crippen molar-refractivity contribution in [1.29, 1.82) is 0 Å². The minimum atomic E-state index is -0.145. The molecule has 0 unspecified atom stereocenters. The van der Waals surface area contributed by atoms with Gasteiger partial charge >= 0.3 is 0 Å². The number of rotatable bonds is 5. The average molecular weight is 329 g/mol. The van der Waals surface area contributed by atoms with Gasteiger partial charge in [0.2, 0.25) is 11.2 Å². The second-order valence-electron chi connectivity index (χ2n) is 6.04. The molecule has 0 amide bonds. The molecule has 128 valence electrons. The number of piperidine rings is 1. The molecule has 1 aliphatic rings. The molecule has 1 aromatic carbocycles. The van der Waals surface area contributed by atoms with Crippen molar-refractivity contribution < 1.29 is 13.9 Å². The van der Waals surface area contributed by atoms with Crippen LogP contribution in [0, 0.1) is 0 Å². The molecule has 0 saturated carbocycles. The first-order chi connectivity index (χ1) is 11.7. The van der Waals surface area contributed by atoms with Gasteiger partial charge in [0, 0.05) is 12.1 Å². The predicted octanol–water partition coefficient (Wildman–Crippen LogP) is 3.38. The quantitative estimate of drug-likeness (QED) is 0.842. The summed E-state index contributed by atoms with van der Waals surface area (Å²) in [4.78, 5) is 14.3. The summed E-state index contributed by atoms with van der Waals surface area (Å²) in [6.07, 6.45) is 4.83. The van der Waals surface area contributed by atoms with Crippen molar-refractivity contribution >= 4 is 0 Å². The highest BCUT2D eigenvalue weighted by Gasteiger charge is 2.25. The normalized spacial score (nSPS) is 18.3. The topological polar surface area (TPSA) is 51.9 Å². The molecular weight excluding hydrogens is 306 g/mol. The maximum Gasteiger partial charge on any atom is 0.227 e. The summed E-state index contributed by atoms with van der Waals surface area (Å²) in [5.74, 6) is 1.77. The number of methoxy groups -OCH3 is 2. The lowest BCUT2D eigenvalue weighted by atomic mass is 9.95. The van der Waals surface area contributed by atoms with Gasteiger partial charge < -0.3 is 13.9 Å². The molecule has 0 aliphatic carbocycles. The highest BCUT2D eigenvalue weighted by Crippen LogP contribution is 2.33. The molecule has 1 atom stereocenters. The van der Waals surface area contributed by atoms with E-state index in [-0.39, 0.29) is 11.2 Å². The third-order valence-corrected chi connectivity index (χ3v) is 4.52. The minimum Gasteiger partial charge on any atom is -0.497 e. The van der Waals surface area contributed by atoms with Gasteiger partial charge in [0.05, 0.1) is 20.8 Å². The molecule has 0 radical (unpaired) electrons. The van der Waals surface area contributed by atoms with Crippen LogP contribution >= 0.6 is 0 Å². The van der Waals surface area contributed by atoms with Crippen LogP contribution < -0.4 is 14.9 Å². The molecule has 2 aromatic rings. The van der Waals surface area contributed by atoms with Gasteiger partial charge in [-0.1, -0.05) is 18.6 Å². The van der Waals surface area contributed by atoms with Crippen LogP contribution in [0.25, 0.3) is 0 Å². The highest BCUT2D eigenvalue weighted by molar-refractivity contribution is 5.31. The Morgan fingerprint density at radius 3 is 2.83 bits per heavy atom. The number of hydrogen-bond acceptors (Lipinski definition) is 5. The first kappa shape index (κ1) is 16.6. The van der Waals surface area contributed by atoms with Crippen molar-refractivity contribution in [2.75, 3.05) is 20.8 Å². The Hall–Kier alpha value is -2.27. The van der Waals surface area contributed by atoms with Crippen LogP contribution in [-0.4, -0.2) is 25.7 Å². The Morgan fingerprint density at radius 2 is 2.08 bits per heavy atom. The van der Waals surface area contributed by atoms with Crippen LogP contribution in [0.3, 0.4) is 0 Å². The van der Waals surface area contributed by atoms with Crippen LogP contribution in [-0.2, 0) is 6.54 Å². The van der Waals surface area contributed by atoms with E-state index in [4.69, 9.17) is 13.9 Å². The second kappa shape index (κ2) is 7.53. The minimum absolute atomic E-state index is 0.145. The average Bonchev–Trinajstić information content (AvgIpc) is 2.62. The Bertz CT molecular complexity index is 740. The molecule has 24 heavy (non-hydrogen) atoms. The summed E-state index contributed by atoms with van der Waals surface area (Å²) in [6, 6.07) is 10.0. The van der Waals surface area contributed by atoms with Crippen molar-refractivity contribution in [2.24, 2.45) is 0 Å². The molecule has 3 rings (SSSR count). The molecular formula is C19H23NO4. The molecule has 1 aromatic heterocycles. The van der Waals surface area contributed by atoms with E-state index in [0.29, 0.717) is 18.3 Å². The van der Waals surface area contributed by atoms with Crippen LogP contribution in [0.15, 0.2) is 45.8 Å². The largest absolute Gasteiger partial charge is 0.497 e. The third-order valence-electron chi connectivity index (χ3n) is 4.52. The van der Waals surface area contributed by atoms with E-state index in [1.165, 1.54) is 31.4 Å². The van der Waals surface area contributed by atoms with Crippen molar-refractivity contribution in [2.45, 2.75) is 31.8 Å². The summed E-state index contributed by atoms with van der Waals surface area (Å²) < 4.78 is 15.9. The lowest BCUT2D eigenvalue weighted by Crippen LogP contribution is -2.33. The van der Waals surface area contributed by atoms with Gasteiger partial charge in [-0.3, -0.25) is 9.69 Å². The molecule has 0 spiro atoms. The number of benzene rings is 1. The number of hydrogen-bond donors (Lipinski definition) is 0. The van der Waals surface area contributed by atoms with Gasteiger partial charge in [-0.15, -0.1) is 0 Å². The monoisotopic (exact) mass is 329 g/mol. The molecule has 1 saturated heterocycles. The molecule has 1 aliphatic heterocycles. The maximum absolute atomic E-state index is 11.9. The third kappa shape index (κ3) is 3.62. The molecule has 5 nitrogen and oxygen atoms in total. The van der Waals surface area contributed by atoms with E-state index in [0.717, 1.165) is 25.1 Å². The zero-order valence-corrected chi connectivity index (χ0v) is 14.2. The number of nitrogens with zero attached hydrogens (tertiary/aromatic N) is 1. The maximum atomic E-state index is 11.9. The van der Waals surface area contributed by atoms with Crippen molar-refractivity contribution in [3.8, 4) is 11.5 Å². The van der Waals surface area contributed by atoms with Crippen molar-refractivity contribution in [3.05, 3.63) is 58.1 Å². The Balaban J connectivity index is 1.81. The first-order valence-electron chi connectivity index (χ1n) is 8.25. The van der Waals surface area contributed by atoms with Gasteiger partial charge in [0.1, 0.15) is 17.8 Å². The summed E-state index contributed by atoms with van der Waals surface area (Å²) >= 11 is 0. The molecule has 0 N–H and O–H groups in total. The van der Waals surface area contributed by atoms with E-state index < -0.39 is 0 Å². The molecule has 5 heteroatoms. The Kier molecular flexibility index (Phi) is 5.20. The SMILES string of the molecule is COc1cccc([C@H]2CCCCN2Cc2cc(=O)c(OC)co2)c1. The standard InChI is InChI=1S/C19H23NO4/c1-22-15-7-5-6-14(10-15)17-8-3-4-9-20(17)12-16-11-18(21)19(23-2)13-24-16/h5-7,10-11,13,17H,3-4,8-9,12H2,1-2H3/t17-/m1/s1. The predicted molar refractivity (Wildman–Crippen MR) is 91.5 cm³/mol. The van der Waals surface area contributed by atoms with Gasteiger partial charge in [0.15, 0.2) is 0 Å². The van der Waals surface area contributed by atoms with Gasteiger partial charge in [0.25, 0.3) is 0 Å². The van der Waals surface area contributed by atoms with E-state index in [1.54, 1.807) is 7.11 Å². The van der Waals surface area contributed by atoms with Gasteiger partial charge in [-0.05, 0) is 37.1 Å². The number of ether oxygens (including phenoxy) is 2. The molecule has 2 heterocycles. The van der Waals surface area contributed by atoms with Crippen molar-refractivity contribution in [1.82, 2.24) is 4.90 Å². The molecule has 0 bridgehead atoms. The zero-order valence-electron chi connectivity index (χ0n) is 14.2. The fraction of sp³-hybridized carbons (Fsp3) is 0.421. The van der Waals surface area contributed by atoms with E-state index in [2.05, 4.69) is 17.0 Å². The summed E-state index contributed by atoms with van der Waals surface area (Å²) in [7, 11) is 3.15. The van der Waals surface area contributed by atoms with Crippen LogP contribution in [0.2, 0.25) is 0 Å². The van der Waals surface area contributed by atoms with Crippen LogP contribution in [0.5, 0.6) is 11.5 Å². The Labute approximate surface area is 141 Å². The van der Waals surface area contributed by atoms with E-state index in [9.17, 15) is 4.79 Å². The van der Waals surface area contributed by atoms with Gasteiger partial charge in [-0.2, -0.15) is 0 Å². The summed E-state index contributed by atoms with van der Waals surface area (Å²) in [5.41, 5.74) is 1.10. The van der Waals surface area contributed by atoms with Gasteiger partial charge in [-0.25, -0.2) is 0 Å². The van der Waals surface area contributed by atoms with Crippen LogP contribution in [0.1, 0.15) is 36.6 Å². The summed E-state index contributed by atoms with van der Waals surface area (Å²) in [6.45, 7) is 1.60. The van der Waals surface area contributed by atoms with E-state index in [1.807, 2.05) is 12.1 Å². The highest BCUT2D eigenvalue weighted by atomic mass is 16.5. The van der Waals surface area contributed by atoms with Crippen LogP contribution in [0.4, 0.5) is 0 Å². The Morgan fingerprint density at radius 1 is 1.21 bits per heavy atom. The summed E-state index contributed by atoms with van der Waals surface area (Å²) in [5, 5.41) is 0. The smallest absolute Gasteiger partial charge is 0.227 e.